The lowest BCUT2D eigenvalue weighted by molar-refractivity contribution is -0.137. The summed E-state index contributed by atoms with van der Waals surface area (Å²) in [5.41, 5.74) is -0.685. The molecule has 2 aromatic rings. The second-order valence-corrected chi connectivity index (χ2v) is 4.52. The van der Waals surface area contributed by atoms with Gasteiger partial charge in [0.25, 0.3) is 0 Å². The van der Waals surface area contributed by atoms with Crippen LogP contribution in [0.15, 0.2) is 42.5 Å². The van der Waals surface area contributed by atoms with E-state index in [9.17, 15) is 17.6 Å². The molecule has 0 bridgehead atoms. The molecule has 0 aliphatic heterocycles. The smallest absolute Gasteiger partial charge is 0.206 e. The van der Waals surface area contributed by atoms with Gasteiger partial charge in [-0.2, -0.15) is 13.2 Å². The van der Waals surface area contributed by atoms with Crippen molar-refractivity contribution in [1.29, 1.82) is 0 Å². The Hall–Kier alpha value is -1.36. The van der Waals surface area contributed by atoms with Crippen LogP contribution >= 0.6 is 15.9 Å². The predicted molar refractivity (Wildman–Crippen MR) is 69.5 cm³/mol. The first-order valence-corrected chi connectivity index (χ1v) is 6.57. The van der Waals surface area contributed by atoms with Crippen LogP contribution in [-0.4, -0.2) is 0 Å². The van der Waals surface area contributed by atoms with Gasteiger partial charge in [-0.3, -0.25) is 0 Å². The summed E-state index contributed by atoms with van der Waals surface area (Å²) in [6.07, 6.45) is -4.51. The Kier molecular flexibility index (Phi) is 3.94. The van der Waals surface area contributed by atoms with Crippen LogP contribution in [0.1, 0.15) is 11.1 Å². The Morgan fingerprint density at radius 2 is 1.53 bits per heavy atom. The standard InChI is InChI=1S/C14H9BrF4/c15-8-9-4-3-6-11(13(9)16)10-5-1-2-7-12(10)14(17,18)19/h1-7H,8H2. The van der Waals surface area contributed by atoms with Gasteiger partial charge in [0, 0.05) is 10.9 Å². The lowest BCUT2D eigenvalue weighted by atomic mass is 9.97. The molecule has 100 valence electrons. The molecule has 2 rings (SSSR count). The summed E-state index contributed by atoms with van der Waals surface area (Å²) >= 11 is 3.11. The monoisotopic (exact) mass is 332 g/mol. The van der Waals surface area contributed by atoms with Crippen molar-refractivity contribution >= 4 is 15.9 Å². The van der Waals surface area contributed by atoms with Crippen LogP contribution in [0.5, 0.6) is 0 Å². The van der Waals surface area contributed by atoms with E-state index in [4.69, 9.17) is 0 Å². The molecule has 0 aliphatic rings. The normalized spacial score (nSPS) is 11.6. The Morgan fingerprint density at radius 1 is 0.895 bits per heavy atom. The summed E-state index contributed by atoms with van der Waals surface area (Å²) in [5, 5.41) is 0.251. The van der Waals surface area contributed by atoms with E-state index >= 15 is 0 Å². The molecule has 0 N–H and O–H groups in total. The number of halogens is 5. The third-order valence-corrected chi connectivity index (χ3v) is 3.35. The van der Waals surface area contributed by atoms with Crippen LogP contribution in [0, 0.1) is 5.82 Å². The Labute approximate surface area is 116 Å². The molecule has 0 nitrogen and oxygen atoms in total. The van der Waals surface area contributed by atoms with Crippen molar-refractivity contribution in [2.75, 3.05) is 0 Å². The third kappa shape index (κ3) is 2.81. The minimum absolute atomic E-state index is 0.0372. The van der Waals surface area contributed by atoms with Crippen LogP contribution in [0.25, 0.3) is 11.1 Å². The largest absolute Gasteiger partial charge is 0.417 e. The maximum absolute atomic E-state index is 14.1. The van der Waals surface area contributed by atoms with Gasteiger partial charge in [0.15, 0.2) is 0 Å². The molecule has 0 saturated heterocycles. The van der Waals surface area contributed by atoms with E-state index in [0.29, 0.717) is 5.56 Å². The number of alkyl halides is 4. The molecule has 0 unspecified atom stereocenters. The summed E-state index contributed by atoms with van der Waals surface area (Å²) in [4.78, 5) is 0. The summed E-state index contributed by atoms with van der Waals surface area (Å²) in [6, 6.07) is 9.41. The van der Waals surface area contributed by atoms with Gasteiger partial charge in [-0.1, -0.05) is 52.3 Å². The second kappa shape index (κ2) is 5.33. The zero-order valence-corrected chi connectivity index (χ0v) is 11.2. The molecule has 0 saturated carbocycles. The van der Waals surface area contributed by atoms with Crippen molar-refractivity contribution in [3.05, 3.63) is 59.4 Å². The van der Waals surface area contributed by atoms with Crippen molar-refractivity contribution in [3.8, 4) is 11.1 Å². The quantitative estimate of drug-likeness (QED) is 0.509. The summed E-state index contributed by atoms with van der Waals surface area (Å²) < 4.78 is 52.9. The van der Waals surface area contributed by atoms with Gasteiger partial charge in [-0.05, 0) is 17.2 Å². The van der Waals surface area contributed by atoms with Crippen molar-refractivity contribution in [3.63, 3.8) is 0 Å². The molecule has 5 heteroatoms. The Balaban J connectivity index is 2.67. The lowest BCUT2D eigenvalue weighted by Crippen LogP contribution is -2.07. The SMILES string of the molecule is Fc1c(CBr)cccc1-c1ccccc1C(F)(F)F. The Bertz CT molecular complexity index is 590. The van der Waals surface area contributed by atoms with E-state index in [-0.39, 0.29) is 16.5 Å². The molecule has 0 fully saturated rings. The molecule has 0 aromatic heterocycles. The van der Waals surface area contributed by atoms with Crippen molar-refractivity contribution < 1.29 is 17.6 Å². The van der Waals surface area contributed by atoms with Gasteiger partial charge >= 0.3 is 6.18 Å². The zero-order valence-electron chi connectivity index (χ0n) is 9.64. The highest BCUT2D eigenvalue weighted by Crippen LogP contribution is 2.38. The topological polar surface area (TPSA) is 0 Å². The van der Waals surface area contributed by atoms with Crippen LogP contribution in [0.4, 0.5) is 17.6 Å². The highest BCUT2D eigenvalue weighted by atomic mass is 79.9. The van der Waals surface area contributed by atoms with Gasteiger partial charge in [0.05, 0.1) is 5.56 Å². The van der Waals surface area contributed by atoms with E-state index in [1.807, 2.05) is 0 Å². The maximum Gasteiger partial charge on any atom is 0.417 e. The van der Waals surface area contributed by atoms with E-state index in [2.05, 4.69) is 15.9 Å². The van der Waals surface area contributed by atoms with Crippen molar-refractivity contribution in [1.82, 2.24) is 0 Å². The molecule has 0 heterocycles. The molecular weight excluding hydrogens is 324 g/mol. The number of benzene rings is 2. The van der Waals surface area contributed by atoms with Gasteiger partial charge < -0.3 is 0 Å². The fourth-order valence-corrected chi connectivity index (χ4v) is 2.29. The third-order valence-electron chi connectivity index (χ3n) is 2.75. The van der Waals surface area contributed by atoms with Crippen LogP contribution < -0.4 is 0 Å². The number of hydrogen-bond donors (Lipinski definition) is 0. The molecular formula is C14H9BrF4. The van der Waals surface area contributed by atoms with Crippen molar-refractivity contribution in [2.45, 2.75) is 11.5 Å². The summed E-state index contributed by atoms with van der Waals surface area (Å²) in [5.74, 6) is -0.629. The molecule has 0 aliphatic carbocycles. The van der Waals surface area contributed by atoms with E-state index in [1.165, 1.54) is 30.3 Å². The summed E-state index contributed by atoms with van der Waals surface area (Å²) in [7, 11) is 0. The lowest BCUT2D eigenvalue weighted by Gasteiger charge is -2.14. The van der Waals surface area contributed by atoms with Gasteiger partial charge in [-0.15, -0.1) is 0 Å². The van der Waals surface area contributed by atoms with Crippen LogP contribution in [-0.2, 0) is 11.5 Å². The van der Waals surface area contributed by atoms with Gasteiger partial charge in [0.1, 0.15) is 5.82 Å². The number of rotatable bonds is 2. The fraction of sp³-hybridized carbons (Fsp3) is 0.143. The molecule has 19 heavy (non-hydrogen) atoms. The fourth-order valence-electron chi connectivity index (χ4n) is 1.86. The molecule has 0 atom stereocenters. The average Bonchev–Trinajstić information content (AvgIpc) is 2.38. The predicted octanol–water partition coefficient (Wildman–Crippen LogP) is 5.41. The molecule has 2 aromatic carbocycles. The average molecular weight is 333 g/mol. The van der Waals surface area contributed by atoms with Crippen LogP contribution in [0.3, 0.4) is 0 Å². The first-order chi connectivity index (χ1) is 8.95. The molecule has 0 amide bonds. The zero-order chi connectivity index (χ0) is 14.0. The van der Waals surface area contributed by atoms with Crippen molar-refractivity contribution in [2.24, 2.45) is 0 Å². The summed E-state index contributed by atoms with van der Waals surface area (Å²) in [6.45, 7) is 0. The van der Waals surface area contributed by atoms with Crippen LogP contribution in [0.2, 0.25) is 0 Å². The highest BCUT2D eigenvalue weighted by molar-refractivity contribution is 9.08. The second-order valence-electron chi connectivity index (χ2n) is 3.96. The highest BCUT2D eigenvalue weighted by Gasteiger charge is 2.33. The first kappa shape index (κ1) is 14.1. The van der Waals surface area contributed by atoms with Gasteiger partial charge in [0.2, 0.25) is 0 Å². The number of hydrogen-bond acceptors (Lipinski definition) is 0. The first-order valence-electron chi connectivity index (χ1n) is 5.45. The van der Waals surface area contributed by atoms with E-state index in [1.54, 1.807) is 6.07 Å². The minimum Gasteiger partial charge on any atom is -0.206 e. The molecule has 0 spiro atoms. The maximum atomic E-state index is 14.1. The van der Waals surface area contributed by atoms with E-state index < -0.39 is 17.6 Å². The van der Waals surface area contributed by atoms with Gasteiger partial charge in [-0.25, -0.2) is 4.39 Å². The van der Waals surface area contributed by atoms with E-state index in [0.717, 1.165) is 6.07 Å². The minimum atomic E-state index is -4.51. The molecule has 0 radical (unpaired) electrons. The Morgan fingerprint density at radius 3 is 2.16 bits per heavy atom.